The molecule has 6 heteroatoms. The van der Waals surface area contributed by atoms with E-state index in [1.807, 2.05) is 5.38 Å². The van der Waals surface area contributed by atoms with E-state index >= 15 is 0 Å². The van der Waals surface area contributed by atoms with Crippen molar-refractivity contribution >= 4 is 17.3 Å². The molecule has 0 unspecified atom stereocenters. The Morgan fingerprint density at radius 3 is 2.92 bits per heavy atom. The second-order valence-electron chi connectivity index (χ2n) is 2.07. The summed E-state index contributed by atoms with van der Waals surface area (Å²) in [5.74, 6) is 0.167. The van der Waals surface area contributed by atoms with Crippen molar-refractivity contribution in [1.82, 2.24) is 20.2 Å². The van der Waals surface area contributed by atoms with E-state index in [9.17, 15) is 0 Å². The van der Waals surface area contributed by atoms with Crippen LogP contribution in [0.3, 0.4) is 0 Å². The minimum atomic E-state index is 0.167. The van der Waals surface area contributed by atoms with Crippen molar-refractivity contribution in [3.63, 3.8) is 0 Å². The normalized spacial score (nSPS) is 10.0. The molecule has 2 heterocycles. The number of aromatic nitrogens is 4. The number of nitrogens with two attached hydrogens (primary N) is 1. The molecule has 2 aromatic heterocycles. The zero-order valence-electron chi connectivity index (χ0n) is 6.01. The molecule has 0 bridgehead atoms. The van der Waals surface area contributed by atoms with Crippen LogP contribution in [-0.4, -0.2) is 20.2 Å². The van der Waals surface area contributed by atoms with Gasteiger partial charge in [-0.3, -0.25) is 0 Å². The summed E-state index contributed by atoms with van der Waals surface area (Å²) in [5, 5.41) is 9.09. The Morgan fingerprint density at radius 1 is 1.33 bits per heavy atom. The van der Waals surface area contributed by atoms with Gasteiger partial charge in [0.15, 0.2) is 0 Å². The molecule has 0 aliphatic carbocycles. The van der Waals surface area contributed by atoms with Crippen LogP contribution in [0, 0.1) is 0 Å². The number of thiazole rings is 1. The molecule has 2 aromatic rings. The number of anilines is 1. The van der Waals surface area contributed by atoms with Gasteiger partial charge in [0.2, 0.25) is 5.95 Å². The predicted octanol–water partition coefficient (Wildman–Crippen LogP) is 0.577. The van der Waals surface area contributed by atoms with Gasteiger partial charge in [-0.1, -0.05) is 0 Å². The molecule has 0 saturated carbocycles. The first-order valence-electron chi connectivity index (χ1n) is 3.20. The maximum Gasteiger partial charge on any atom is 0.240 e. The summed E-state index contributed by atoms with van der Waals surface area (Å²) in [6.07, 6.45) is 1.53. The van der Waals surface area contributed by atoms with E-state index in [1.54, 1.807) is 5.51 Å². The molecule has 0 atom stereocenters. The Bertz CT molecular complexity index is 371. The minimum absolute atomic E-state index is 0.167. The van der Waals surface area contributed by atoms with Crippen molar-refractivity contribution < 1.29 is 0 Å². The van der Waals surface area contributed by atoms with Gasteiger partial charge in [-0.2, -0.15) is 5.10 Å². The molecular weight excluding hydrogens is 174 g/mol. The SMILES string of the molecule is Nc1nncc(-c2cscn2)n1. The van der Waals surface area contributed by atoms with Gasteiger partial charge in [-0.15, -0.1) is 16.4 Å². The molecule has 0 fully saturated rings. The first kappa shape index (κ1) is 7.11. The average molecular weight is 179 g/mol. The van der Waals surface area contributed by atoms with E-state index in [0.29, 0.717) is 5.69 Å². The van der Waals surface area contributed by atoms with Gasteiger partial charge in [0.1, 0.15) is 11.4 Å². The third kappa shape index (κ3) is 1.24. The number of rotatable bonds is 1. The summed E-state index contributed by atoms with van der Waals surface area (Å²) >= 11 is 1.50. The van der Waals surface area contributed by atoms with E-state index in [2.05, 4.69) is 20.2 Å². The van der Waals surface area contributed by atoms with Crippen LogP contribution in [0.25, 0.3) is 11.4 Å². The highest BCUT2D eigenvalue weighted by Crippen LogP contribution is 2.14. The fourth-order valence-electron chi connectivity index (χ4n) is 0.780. The molecule has 60 valence electrons. The molecule has 0 saturated heterocycles. The standard InChI is InChI=1S/C6H5N5S/c7-6-10-4(1-9-11-6)5-2-12-3-8-5/h1-3H,(H2,7,10,11). The van der Waals surface area contributed by atoms with Gasteiger partial charge in [0, 0.05) is 5.38 Å². The molecule has 2 N–H and O–H groups in total. The Balaban J connectivity index is 2.48. The van der Waals surface area contributed by atoms with Crippen LogP contribution < -0.4 is 5.73 Å². The summed E-state index contributed by atoms with van der Waals surface area (Å²) in [6, 6.07) is 0. The van der Waals surface area contributed by atoms with Crippen LogP contribution in [0.1, 0.15) is 0 Å². The van der Waals surface area contributed by atoms with E-state index < -0.39 is 0 Å². The topological polar surface area (TPSA) is 77.6 Å². The number of hydrogen-bond donors (Lipinski definition) is 1. The van der Waals surface area contributed by atoms with Crippen molar-refractivity contribution in [1.29, 1.82) is 0 Å². The molecular formula is C6H5N5S. The van der Waals surface area contributed by atoms with Crippen LogP contribution in [0.4, 0.5) is 5.95 Å². The Labute approximate surface area is 72.3 Å². The van der Waals surface area contributed by atoms with Crippen molar-refractivity contribution in [2.24, 2.45) is 0 Å². The van der Waals surface area contributed by atoms with Gasteiger partial charge in [-0.25, -0.2) is 9.97 Å². The van der Waals surface area contributed by atoms with Gasteiger partial charge in [-0.05, 0) is 0 Å². The van der Waals surface area contributed by atoms with E-state index in [4.69, 9.17) is 5.73 Å². The Hall–Kier alpha value is -1.56. The fourth-order valence-corrected chi connectivity index (χ4v) is 1.33. The summed E-state index contributed by atoms with van der Waals surface area (Å²) in [7, 11) is 0. The maximum absolute atomic E-state index is 5.36. The van der Waals surface area contributed by atoms with Crippen molar-refractivity contribution in [2.75, 3.05) is 5.73 Å². The summed E-state index contributed by atoms with van der Waals surface area (Å²) in [6.45, 7) is 0. The van der Waals surface area contributed by atoms with Crippen molar-refractivity contribution in [3.8, 4) is 11.4 Å². The quantitative estimate of drug-likeness (QED) is 0.692. The van der Waals surface area contributed by atoms with Gasteiger partial charge in [0.25, 0.3) is 0 Å². The highest BCUT2D eigenvalue weighted by molar-refractivity contribution is 7.07. The molecule has 0 aliphatic heterocycles. The van der Waals surface area contributed by atoms with Gasteiger partial charge in [0.05, 0.1) is 11.7 Å². The van der Waals surface area contributed by atoms with Crippen LogP contribution in [0.5, 0.6) is 0 Å². The lowest BCUT2D eigenvalue weighted by Gasteiger charge is -1.93. The maximum atomic E-state index is 5.36. The van der Waals surface area contributed by atoms with Crippen LogP contribution in [-0.2, 0) is 0 Å². The molecule has 0 amide bonds. The fraction of sp³-hybridized carbons (Fsp3) is 0. The number of nitrogens with zero attached hydrogens (tertiary/aromatic N) is 4. The van der Waals surface area contributed by atoms with Crippen LogP contribution in [0.2, 0.25) is 0 Å². The zero-order chi connectivity index (χ0) is 8.39. The first-order valence-corrected chi connectivity index (χ1v) is 4.14. The lowest BCUT2D eigenvalue weighted by atomic mass is 10.4. The first-order chi connectivity index (χ1) is 5.86. The Kier molecular flexibility index (Phi) is 1.67. The summed E-state index contributed by atoms with van der Waals surface area (Å²) in [5.41, 5.74) is 8.52. The lowest BCUT2D eigenvalue weighted by Crippen LogP contribution is -1.97. The van der Waals surface area contributed by atoms with E-state index in [-0.39, 0.29) is 5.95 Å². The monoisotopic (exact) mass is 179 g/mol. The average Bonchev–Trinajstić information content (AvgIpc) is 2.56. The molecule has 0 spiro atoms. The summed E-state index contributed by atoms with van der Waals surface area (Å²) < 4.78 is 0. The van der Waals surface area contributed by atoms with Crippen molar-refractivity contribution in [3.05, 3.63) is 17.1 Å². The third-order valence-electron chi connectivity index (χ3n) is 1.27. The van der Waals surface area contributed by atoms with Crippen LogP contribution in [0.15, 0.2) is 17.1 Å². The second-order valence-corrected chi connectivity index (χ2v) is 2.79. The number of hydrogen-bond acceptors (Lipinski definition) is 6. The number of nitrogen functional groups attached to an aromatic ring is 1. The van der Waals surface area contributed by atoms with Gasteiger partial charge < -0.3 is 5.73 Å². The summed E-state index contributed by atoms with van der Waals surface area (Å²) in [4.78, 5) is 8.02. The largest absolute Gasteiger partial charge is 0.366 e. The lowest BCUT2D eigenvalue weighted by molar-refractivity contribution is 0.987. The molecule has 0 aromatic carbocycles. The highest BCUT2D eigenvalue weighted by Gasteiger charge is 2.01. The van der Waals surface area contributed by atoms with Gasteiger partial charge >= 0.3 is 0 Å². The minimum Gasteiger partial charge on any atom is -0.366 e. The van der Waals surface area contributed by atoms with Crippen molar-refractivity contribution in [2.45, 2.75) is 0 Å². The molecule has 12 heavy (non-hydrogen) atoms. The van der Waals surface area contributed by atoms with Crippen LogP contribution >= 0.6 is 11.3 Å². The van der Waals surface area contributed by atoms with E-state index in [1.165, 1.54) is 17.5 Å². The molecule has 2 rings (SSSR count). The zero-order valence-corrected chi connectivity index (χ0v) is 6.82. The third-order valence-corrected chi connectivity index (χ3v) is 1.86. The smallest absolute Gasteiger partial charge is 0.240 e. The molecule has 5 nitrogen and oxygen atoms in total. The molecule has 0 radical (unpaired) electrons. The van der Waals surface area contributed by atoms with E-state index in [0.717, 1.165) is 5.69 Å². The highest BCUT2D eigenvalue weighted by atomic mass is 32.1. The predicted molar refractivity (Wildman–Crippen MR) is 45.3 cm³/mol. The second kappa shape index (κ2) is 2.82. The Morgan fingerprint density at radius 2 is 2.25 bits per heavy atom. The molecule has 0 aliphatic rings.